The Bertz CT molecular complexity index is 1110. The Kier molecular flexibility index (Phi) is 8.26. The summed E-state index contributed by atoms with van der Waals surface area (Å²) < 4.78 is 0. The Hall–Kier alpha value is -3.15. The molecule has 33 heavy (non-hydrogen) atoms. The quantitative estimate of drug-likeness (QED) is 0.563. The highest BCUT2D eigenvalue weighted by atomic mass is 35.5. The average Bonchev–Trinajstić information content (AvgIpc) is 2.99. The van der Waals surface area contributed by atoms with Gasteiger partial charge in [0.2, 0.25) is 0 Å². The second-order valence-corrected chi connectivity index (χ2v) is 8.16. The largest absolute Gasteiger partial charge is 1.00 e. The molecule has 2 N–H and O–H groups in total. The fourth-order valence-electron chi connectivity index (χ4n) is 4.26. The Balaban J connectivity index is 0.00000306. The van der Waals surface area contributed by atoms with Crippen LogP contribution in [0.1, 0.15) is 35.3 Å². The van der Waals surface area contributed by atoms with Crippen molar-refractivity contribution in [2.75, 3.05) is 29.9 Å². The van der Waals surface area contributed by atoms with Crippen LogP contribution in [-0.2, 0) is 17.6 Å². The number of aryl methyl sites for hydroxylation is 2. The fourth-order valence-corrected chi connectivity index (χ4v) is 4.26. The highest BCUT2D eigenvalue weighted by Gasteiger charge is 2.27. The van der Waals surface area contributed by atoms with Crippen LogP contribution >= 0.6 is 0 Å². The normalized spacial score (nSPS) is 12.3. The summed E-state index contributed by atoms with van der Waals surface area (Å²) in [5, 5.41) is 3.04. The zero-order valence-electron chi connectivity index (χ0n) is 19.1. The van der Waals surface area contributed by atoms with E-state index >= 15 is 0 Å². The van der Waals surface area contributed by atoms with Gasteiger partial charge in [0.05, 0.1) is 24.5 Å². The maximum atomic E-state index is 13.7. The minimum Gasteiger partial charge on any atom is -1.00 e. The molecule has 1 aliphatic rings. The fraction of sp³-hybridized carbons (Fsp3) is 0.259. The Morgan fingerprint density at radius 1 is 0.848 bits per heavy atom. The first-order valence-corrected chi connectivity index (χ1v) is 11.3. The van der Waals surface area contributed by atoms with E-state index in [2.05, 4.69) is 25.2 Å². The number of hydrogen-bond donors (Lipinski definition) is 2. The second-order valence-electron chi connectivity index (χ2n) is 8.16. The number of nitrogens with zero attached hydrogens (tertiary/aromatic N) is 1. The number of hydrogen-bond acceptors (Lipinski definition) is 2. The maximum absolute atomic E-state index is 13.7. The number of anilines is 3. The van der Waals surface area contributed by atoms with E-state index in [1.807, 2.05) is 66.7 Å². The van der Waals surface area contributed by atoms with Crippen LogP contribution in [0.15, 0.2) is 72.8 Å². The predicted molar refractivity (Wildman–Crippen MR) is 129 cm³/mol. The summed E-state index contributed by atoms with van der Waals surface area (Å²) >= 11 is 0. The SMILES string of the molecule is CC[NH+](CC)CC(=O)Nc1ccc2c(c1)N(C(=O)c1ccccc1)c1ccccc1CC2.[Cl-]. The number of para-hydroxylation sites is 1. The Morgan fingerprint density at radius 2 is 1.48 bits per heavy atom. The lowest BCUT2D eigenvalue weighted by Gasteiger charge is -2.26. The van der Waals surface area contributed by atoms with Crippen molar-refractivity contribution in [1.82, 2.24) is 0 Å². The number of fused-ring (bicyclic) bond motifs is 2. The number of halogens is 1. The van der Waals surface area contributed by atoms with Crippen LogP contribution in [0.25, 0.3) is 0 Å². The second kappa shape index (κ2) is 11.1. The zero-order valence-corrected chi connectivity index (χ0v) is 19.9. The number of nitrogens with one attached hydrogen (secondary N) is 2. The Morgan fingerprint density at radius 3 is 2.18 bits per heavy atom. The lowest BCUT2D eigenvalue weighted by molar-refractivity contribution is -0.888. The number of likely N-dealkylation sites (N-methyl/N-ethyl adjacent to an activating group) is 1. The highest BCUT2D eigenvalue weighted by molar-refractivity contribution is 6.12. The van der Waals surface area contributed by atoms with E-state index in [1.165, 1.54) is 4.90 Å². The van der Waals surface area contributed by atoms with Gasteiger partial charge in [0.1, 0.15) is 0 Å². The van der Waals surface area contributed by atoms with Gasteiger partial charge in [-0.15, -0.1) is 0 Å². The minimum atomic E-state index is -0.0720. The number of rotatable bonds is 6. The third kappa shape index (κ3) is 5.44. The van der Waals surface area contributed by atoms with Gasteiger partial charge >= 0.3 is 0 Å². The summed E-state index contributed by atoms with van der Waals surface area (Å²) in [5.41, 5.74) is 5.31. The maximum Gasteiger partial charge on any atom is 0.279 e. The predicted octanol–water partition coefficient (Wildman–Crippen LogP) is 0.631. The molecule has 0 aliphatic carbocycles. The molecule has 3 aromatic rings. The molecule has 0 unspecified atom stereocenters. The first-order valence-electron chi connectivity index (χ1n) is 11.3. The van der Waals surface area contributed by atoms with Crippen LogP contribution < -0.4 is 27.5 Å². The van der Waals surface area contributed by atoms with Crippen molar-refractivity contribution in [2.24, 2.45) is 0 Å². The standard InChI is InChI=1S/C27H29N3O2.ClH/c1-3-29(4-2)19-26(31)28-23-17-16-21-15-14-20-10-8-9-13-24(20)30(25(21)18-23)27(32)22-11-6-5-7-12-22;/h5-13,16-18H,3-4,14-15,19H2,1-2H3,(H,28,31);1H. The molecule has 0 saturated heterocycles. The number of benzene rings is 3. The summed E-state index contributed by atoms with van der Waals surface area (Å²) in [4.78, 5) is 29.3. The van der Waals surface area contributed by atoms with Crippen molar-refractivity contribution < 1.29 is 26.9 Å². The molecule has 0 radical (unpaired) electrons. The highest BCUT2D eigenvalue weighted by Crippen LogP contribution is 2.38. The molecule has 0 saturated carbocycles. The van der Waals surface area contributed by atoms with E-state index in [0.29, 0.717) is 17.8 Å². The molecule has 0 aromatic heterocycles. The van der Waals surface area contributed by atoms with Gasteiger partial charge in [0, 0.05) is 11.3 Å². The minimum absolute atomic E-state index is 0. The van der Waals surface area contributed by atoms with Gasteiger partial charge in [0.25, 0.3) is 11.8 Å². The van der Waals surface area contributed by atoms with Crippen LogP contribution in [0, 0.1) is 0 Å². The van der Waals surface area contributed by atoms with Crippen LogP contribution in [0.3, 0.4) is 0 Å². The summed E-state index contributed by atoms with van der Waals surface area (Å²) in [5.74, 6) is -0.0872. The number of carbonyl (C=O) groups excluding carboxylic acids is 2. The third-order valence-corrected chi connectivity index (χ3v) is 6.14. The van der Waals surface area contributed by atoms with Crippen LogP contribution in [-0.4, -0.2) is 31.4 Å². The van der Waals surface area contributed by atoms with Gasteiger partial charge < -0.3 is 22.6 Å². The lowest BCUT2D eigenvalue weighted by atomic mass is 10.0. The summed E-state index contributed by atoms with van der Waals surface area (Å²) in [6.07, 6.45) is 1.70. The molecule has 2 amide bonds. The average molecular weight is 464 g/mol. The topological polar surface area (TPSA) is 53.9 Å². The summed E-state index contributed by atoms with van der Waals surface area (Å²) in [6, 6.07) is 23.3. The van der Waals surface area contributed by atoms with Crippen molar-refractivity contribution in [1.29, 1.82) is 0 Å². The van der Waals surface area contributed by atoms with E-state index in [1.54, 1.807) is 4.90 Å². The molecular formula is C27H30ClN3O2. The molecule has 0 fully saturated rings. The van der Waals surface area contributed by atoms with Crippen molar-refractivity contribution in [2.45, 2.75) is 26.7 Å². The lowest BCUT2D eigenvalue weighted by Crippen LogP contribution is -3.12. The Labute approximate surface area is 201 Å². The number of amides is 2. The first-order chi connectivity index (χ1) is 15.6. The van der Waals surface area contributed by atoms with Crippen LogP contribution in [0.5, 0.6) is 0 Å². The zero-order chi connectivity index (χ0) is 22.5. The van der Waals surface area contributed by atoms with E-state index in [-0.39, 0.29) is 24.2 Å². The van der Waals surface area contributed by atoms with Gasteiger partial charge in [0.15, 0.2) is 6.54 Å². The summed E-state index contributed by atoms with van der Waals surface area (Å²) in [7, 11) is 0. The monoisotopic (exact) mass is 463 g/mol. The molecule has 0 spiro atoms. The molecule has 0 atom stereocenters. The van der Waals surface area contributed by atoms with Gasteiger partial charge in [-0.25, -0.2) is 0 Å². The molecule has 172 valence electrons. The van der Waals surface area contributed by atoms with E-state index in [4.69, 9.17) is 0 Å². The van der Waals surface area contributed by atoms with E-state index in [0.717, 1.165) is 48.4 Å². The van der Waals surface area contributed by atoms with E-state index in [9.17, 15) is 9.59 Å². The molecule has 4 rings (SSSR count). The third-order valence-electron chi connectivity index (χ3n) is 6.14. The van der Waals surface area contributed by atoms with Crippen LogP contribution in [0.2, 0.25) is 0 Å². The molecule has 1 heterocycles. The number of carbonyl (C=O) groups is 2. The summed E-state index contributed by atoms with van der Waals surface area (Å²) in [6.45, 7) is 6.41. The van der Waals surface area contributed by atoms with Crippen molar-refractivity contribution in [3.63, 3.8) is 0 Å². The molecule has 0 bridgehead atoms. The van der Waals surface area contributed by atoms with Crippen molar-refractivity contribution >= 4 is 28.9 Å². The molecule has 6 heteroatoms. The van der Waals surface area contributed by atoms with Gasteiger partial charge in [-0.3, -0.25) is 14.5 Å². The van der Waals surface area contributed by atoms with Crippen LogP contribution in [0.4, 0.5) is 17.1 Å². The first kappa shape index (κ1) is 24.5. The van der Waals surface area contributed by atoms with E-state index < -0.39 is 0 Å². The molecular weight excluding hydrogens is 434 g/mol. The van der Waals surface area contributed by atoms with Gasteiger partial charge in [-0.2, -0.15) is 0 Å². The molecule has 5 nitrogen and oxygen atoms in total. The number of quaternary nitrogens is 1. The smallest absolute Gasteiger partial charge is 0.279 e. The van der Waals surface area contributed by atoms with Gasteiger partial charge in [-0.1, -0.05) is 42.5 Å². The van der Waals surface area contributed by atoms with Gasteiger partial charge in [-0.05, 0) is 68.1 Å². The van der Waals surface area contributed by atoms with Crippen molar-refractivity contribution in [3.8, 4) is 0 Å². The molecule has 1 aliphatic heterocycles. The van der Waals surface area contributed by atoms with Crippen molar-refractivity contribution in [3.05, 3.63) is 89.5 Å². The molecule has 3 aromatic carbocycles.